The second-order valence-corrected chi connectivity index (χ2v) is 4.11. The molecule has 0 heterocycles. The van der Waals surface area contributed by atoms with Crippen LogP contribution in [-0.2, 0) is 15.1 Å². The van der Waals surface area contributed by atoms with E-state index < -0.39 is 41.3 Å². The predicted octanol–water partition coefficient (Wildman–Crippen LogP) is -7.32. The van der Waals surface area contributed by atoms with Crippen LogP contribution < -0.4 is 56.1 Å². The summed E-state index contributed by atoms with van der Waals surface area (Å²) in [6.45, 7) is -0.909. The third-order valence-corrected chi connectivity index (χ3v) is 2.29. The van der Waals surface area contributed by atoms with E-state index in [0.29, 0.717) is 0 Å². The van der Waals surface area contributed by atoms with Gasteiger partial charge in [-0.2, -0.15) is 0 Å². The molecule has 0 saturated carbocycles. The van der Waals surface area contributed by atoms with Gasteiger partial charge in [-0.3, -0.25) is 0 Å². The maximum Gasteiger partial charge on any atom is 1.00 e. The summed E-state index contributed by atoms with van der Waals surface area (Å²) in [6, 6.07) is -1.90. The van der Waals surface area contributed by atoms with Gasteiger partial charge in [-0.25, -0.2) is 13.1 Å². The monoisotopic (exact) mass is 297 g/mol. The van der Waals surface area contributed by atoms with E-state index in [1.54, 1.807) is 0 Å². The molecular weight excluding hydrogens is 285 g/mol. The smallest absolute Gasteiger partial charge is 0.735 e. The van der Waals surface area contributed by atoms with Crippen molar-refractivity contribution in [3.63, 3.8) is 0 Å². The topological polar surface area (TPSA) is 167 Å². The maximum absolute atomic E-state index is 10.4. The number of hydrogen-bond donors (Lipinski definition) is 5. The fourth-order valence-corrected chi connectivity index (χ4v) is 1.42. The SMILES string of the molecule is O=CC(NS(=O)(=O)[O-])C(O)C(O)C(O)CO.[K+]. The minimum absolute atomic E-state index is 0. The average molecular weight is 297 g/mol. The third kappa shape index (κ3) is 7.92. The Balaban J connectivity index is 0. The second-order valence-electron chi connectivity index (χ2n) is 2.96. The maximum atomic E-state index is 10.4. The normalized spacial score (nSPS) is 18.6. The largest absolute Gasteiger partial charge is 1.00 e. The van der Waals surface area contributed by atoms with Crippen LogP contribution in [0.1, 0.15) is 0 Å². The van der Waals surface area contributed by atoms with Gasteiger partial charge < -0.3 is 29.8 Å². The van der Waals surface area contributed by atoms with Crippen molar-refractivity contribution in [1.82, 2.24) is 4.72 Å². The van der Waals surface area contributed by atoms with Gasteiger partial charge in [0.15, 0.2) is 10.3 Å². The van der Waals surface area contributed by atoms with Crippen molar-refractivity contribution in [2.24, 2.45) is 0 Å². The Morgan fingerprint density at radius 2 is 1.71 bits per heavy atom. The minimum atomic E-state index is -4.99. The van der Waals surface area contributed by atoms with Crippen LogP contribution in [0.4, 0.5) is 0 Å². The Kier molecular flexibility index (Phi) is 10.8. The molecule has 0 aromatic rings. The first-order valence-corrected chi connectivity index (χ1v) is 5.47. The number of hydrogen-bond acceptors (Lipinski definition) is 8. The van der Waals surface area contributed by atoms with Crippen molar-refractivity contribution >= 4 is 16.6 Å². The van der Waals surface area contributed by atoms with E-state index in [1.807, 2.05) is 0 Å². The Labute approximate surface area is 140 Å². The fraction of sp³-hybridized carbons (Fsp3) is 0.833. The number of carbonyl (C=O) groups is 1. The minimum Gasteiger partial charge on any atom is -0.735 e. The van der Waals surface area contributed by atoms with Crippen LogP contribution >= 0.6 is 0 Å². The van der Waals surface area contributed by atoms with Crippen LogP contribution in [-0.4, -0.2) is 70.6 Å². The molecular formula is C6H12KNO8S. The van der Waals surface area contributed by atoms with E-state index >= 15 is 0 Å². The average Bonchev–Trinajstić information content (AvgIpc) is 2.21. The summed E-state index contributed by atoms with van der Waals surface area (Å²) in [5.41, 5.74) is 0. The molecule has 0 amide bonds. The molecule has 5 N–H and O–H groups in total. The first-order valence-electron chi connectivity index (χ1n) is 4.06. The van der Waals surface area contributed by atoms with Crippen LogP contribution in [0.25, 0.3) is 0 Å². The van der Waals surface area contributed by atoms with Gasteiger partial charge in [0, 0.05) is 0 Å². The van der Waals surface area contributed by atoms with E-state index in [1.165, 1.54) is 4.72 Å². The van der Waals surface area contributed by atoms with E-state index in [9.17, 15) is 22.9 Å². The first-order chi connectivity index (χ1) is 7.22. The van der Waals surface area contributed by atoms with Gasteiger partial charge in [-0.1, -0.05) is 0 Å². The second kappa shape index (κ2) is 9.01. The summed E-state index contributed by atoms with van der Waals surface area (Å²) >= 11 is 0. The molecule has 0 spiro atoms. The summed E-state index contributed by atoms with van der Waals surface area (Å²) in [4.78, 5) is 10.4. The zero-order valence-electron chi connectivity index (χ0n) is 8.92. The van der Waals surface area contributed by atoms with Gasteiger partial charge in [0.1, 0.15) is 30.6 Å². The molecule has 11 heteroatoms. The van der Waals surface area contributed by atoms with Gasteiger partial charge in [-0.05, 0) is 0 Å². The predicted molar refractivity (Wildman–Crippen MR) is 47.8 cm³/mol. The van der Waals surface area contributed by atoms with Crippen molar-refractivity contribution in [3.05, 3.63) is 0 Å². The number of carbonyl (C=O) groups excluding carboxylic acids is 1. The molecule has 0 aromatic heterocycles. The Morgan fingerprint density at radius 3 is 2.00 bits per heavy atom. The first kappa shape index (κ1) is 20.3. The van der Waals surface area contributed by atoms with Crippen molar-refractivity contribution < 1.29 is 89.6 Å². The molecule has 17 heavy (non-hydrogen) atoms. The Morgan fingerprint density at radius 1 is 1.24 bits per heavy atom. The molecule has 4 unspecified atom stereocenters. The molecule has 0 aliphatic carbocycles. The van der Waals surface area contributed by atoms with Crippen LogP contribution in [0, 0.1) is 0 Å². The van der Waals surface area contributed by atoms with Crippen LogP contribution in [0.15, 0.2) is 0 Å². The van der Waals surface area contributed by atoms with E-state index in [4.69, 9.17) is 15.3 Å². The van der Waals surface area contributed by atoms with E-state index in [-0.39, 0.29) is 57.7 Å². The number of aldehydes is 1. The molecule has 0 rings (SSSR count). The summed E-state index contributed by atoms with van der Waals surface area (Å²) < 4.78 is 31.9. The van der Waals surface area contributed by atoms with Gasteiger partial charge in [-0.15, -0.1) is 0 Å². The molecule has 96 valence electrons. The molecule has 4 atom stereocenters. The van der Waals surface area contributed by atoms with Crippen LogP contribution in [0.5, 0.6) is 0 Å². The van der Waals surface area contributed by atoms with Gasteiger partial charge in [0.25, 0.3) is 0 Å². The third-order valence-electron chi connectivity index (χ3n) is 1.73. The molecule has 0 aliphatic heterocycles. The van der Waals surface area contributed by atoms with Gasteiger partial charge in [0.05, 0.1) is 6.61 Å². The number of nitrogens with one attached hydrogen (secondary N) is 1. The molecule has 0 bridgehead atoms. The van der Waals surface area contributed by atoms with Crippen molar-refractivity contribution in [3.8, 4) is 0 Å². The number of aliphatic hydroxyl groups is 4. The molecule has 9 nitrogen and oxygen atoms in total. The Hall–Kier alpha value is 1.02. The van der Waals surface area contributed by atoms with Crippen molar-refractivity contribution in [1.29, 1.82) is 0 Å². The standard InChI is InChI=1S/C6H13NO8S.K/c8-1-3(7-16(13,14)15)5(11)6(12)4(10)2-9;/h1,3-7,9-12H,2H2,(H,13,14,15);/q;+1/p-1. The van der Waals surface area contributed by atoms with Crippen LogP contribution in [0.3, 0.4) is 0 Å². The molecule has 0 fully saturated rings. The van der Waals surface area contributed by atoms with Crippen molar-refractivity contribution in [2.75, 3.05) is 6.61 Å². The van der Waals surface area contributed by atoms with E-state index in [2.05, 4.69) is 0 Å². The summed E-state index contributed by atoms with van der Waals surface area (Å²) in [7, 11) is -4.99. The number of aliphatic hydroxyl groups excluding tert-OH is 4. The summed E-state index contributed by atoms with van der Waals surface area (Å²) in [5.74, 6) is 0. The molecule has 0 aromatic carbocycles. The fourth-order valence-electron chi connectivity index (χ4n) is 0.893. The summed E-state index contributed by atoms with van der Waals surface area (Å²) in [5, 5.41) is 35.7. The number of rotatable bonds is 7. The molecule has 0 aliphatic rings. The zero-order valence-corrected chi connectivity index (χ0v) is 12.9. The van der Waals surface area contributed by atoms with Gasteiger partial charge >= 0.3 is 51.4 Å². The molecule has 0 radical (unpaired) electrons. The summed E-state index contributed by atoms with van der Waals surface area (Å²) in [6.07, 6.45) is -5.92. The van der Waals surface area contributed by atoms with E-state index in [0.717, 1.165) is 0 Å². The molecule has 0 saturated heterocycles. The van der Waals surface area contributed by atoms with Gasteiger partial charge in [0.2, 0.25) is 0 Å². The quantitative estimate of drug-likeness (QED) is 0.175. The Bertz CT molecular complexity index is 322. The van der Waals surface area contributed by atoms with Crippen molar-refractivity contribution in [2.45, 2.75) is 24.4 Å². The van der Waals surface area contributed by atoms with Crippen LogP contribution in [0.2, 0.25) is 0 Å². The zero-order chi connectivity index (χ0) is 12.9.